The topological polar surface area (TPSA) is 111 Å². The summed E-state index contributed by atoms with van der Waals surface area (Å²) >= 11 is 0. The highest BCUT2D eigenvalue weighted by atomic mass is 16.6. The van der Waals surface area contributed by atoms with Crippen molar-refractivity contribution in [2.45, 2.75) is 6.54 Å². The van der Waals surface area contributed by atoms with Gasteiger partial charge in [-0.05, 0) is 29.8 Å². The van der Waals surface area contributed by atoms with E-state index in [-0.39, 0.29) is 0 Å². The summed E-state index contributed by atoms with van der Waals surface area (Å²) < 4.78 is 7.25. The smallest absolute Gasteiger partial charge is 0.347 e. The lowest BCUT2D eigenvalue weighted by atomic mass is 9.95. The Kier molecular flexibility index (Phi) is 7.66. The maximum absolute atomic E-state index is 12.4. The largest absolute Gasteiger partial charge is 0.386 e. The van der Waals surface area contributed by atoms with Gasteiger partial charge in [-0.25, -0.2) is 9.59 Å². The predicted molar refractivity (Wildman–Crippen MR) is 219 cm³/mol. The van der Waals surface area contributed by atoms with Gasteiger partial charge in [0.05, 0.1) is 11.1 Å². The lowest BCUT2D eigenvalue weighted by Crippen LogP contribution is -2.01. The number of benzene rings is 5. The number of para-hydroxylation sites is 4. The van der Waals surface area contributed by atoms with Crippen molar-refractivity contribution < 1.29 is 14.3 Å². The van der Waals surface area contributed by atoms with Gasteiger partial charge in [0.2, 0.25) is 0 Å². The summed E-state index contributed by atoms with van der Waals surface area (Å²) in [6.45, 7) is 0.846. The van der Waals surface area contributed by atoms with Crippen LogP contribution in [0.1, 0.15) is 16.7 Å². The molecule has 264 valence electrons. The van der Waals surface area contributed by atoms with Crippen molar-refractivity contribution >= 4 is 66.7 Å². The highest BCUT2D eigenvalue weighted by Gasteiger charge is 2.37. The number of aromatic nitrogens is 5. The second-order valence-electron chi connectivity index (χ2n) is 13.7. The van der Waals surface area contributed by atoms with Gasteiger partial charge < -0.3 is 29.2 Å². The molecule has 10 aromatic rings. The molecule has 0 aliphatic carbocycles. The second kappa shape index (κ2) is 13.1. The Hall–Kier alpha value is -7.58. The predicted octanol–water partition coefficient (Wildman–Crippen LogP) is 10.5. The molecule has 0 saturated carbocycles. The van der Waals surface area contributed by atoms with Gasteiger partial charge in [-0.1, -0.05) is 103 Å². The van der Waals surface area contributed by atoms with Gasteiger partial charge in [0, 0.05) is 121 Å². The third-order valence-corrected chi connectivity index (χ3v) is 10.4. The molecule has 1 aliphatic heterocycles. The molecule has 1 aliphatic rings. The van der Waals surface area contributed by atoms with Crippen LogP contribution in [0.2, 0.25) is 0 Å². The number of fused-ring (bicyclic) bond motifs is 4. The number of H-pyrrole nitrogens is 4. The van der Waals surface area contributed by atoms with Crippen molar-refractivity contribution in [3.8, 4) is 22.3 Å². The zero-order valence-electron chi connectivity index (χ0n) is 29.5. The van der Waals surface area contributed by atoms with Crippen molar-refractivity contribution in [3.63, 3.8) is 0 Å². The molecule has 11 rings (SSSR count). The van der Waals surface area contributed by atoms with Crippen LogP contribution in [0.3, 0.4) is 0 Å². The Bertz CT molecular complexity index is 2910. The number of ether oxygens (including phenoxy) is 1. The molecule has 55 heavy (non-hydrogen) atoms. The van der Waals surface area contributed by atoms with E-state index in [0.29, 0.717) is 22.3 Å². The normalized spacial score (nSPS) is 12.9. The number of nitrogens with zero attached hydrogens (tertiary/aromatic N) is 1. The van der Waals surface area contributed by atoms with E-state index in [1.807, 2.05) is 48.5 Å². The minimum absolute atomic E-state index is 0.298. The van der Waals surface area contributed by atoms with E-state index in [0.717, 1.165) is 39.4 Å². The van der Waals surface area contributed by atoms with Crippen LogP contribution in [0.5, 0.6) is 0 Å². The minimum atomic E-state index is -0.616. The Morgan fingerprint density at radius 3 is 1.16 bits per heavy atom. The molecule has 0 unspecified atom stereocenters. The Morgan fingerprint density at radius 2 is 0.745 bits per heavy atom. The third-order valence-electron chi connectivity index (χ3n) is 10.4. The van der Waals surface area contributed by atoms with Gasteiger partial charge >= 0.3 is 11.9 Å². The van der Waals surface area contributed by atoms with Crippen molar-refractivity contribution in [1.29, 1.82) is 0 Å². The van der Waals surface area contributed by atoms with Crippen LogP contribution in [0, 0.1) is 0 Å². The molecule has 0 amide bonds. The van der Waals surface area contributed by atoms with Gasteiger partial charge in [0.15, 0.2) is 0 Å². The lowest BCUT2D eigenvalue weighted by molar-refractivity contribution is -0.149. The first kappa shape index (κ1) is 32.1. The molecule has 5 aromatic carbocycles. The standard InChI is InChI=1S/C27H21N3.C20H12N2O3/c1-2-8-19(9-3-1)16-30-17-24(22-14-28-26-12-6-4-10-20(22)26)25(18-30)23-15-29-27-13-7-5-11-21(23)27;23-19-17(13-9-21-15-7-3-1-5-11(13)15)18(20(24)25-19)14-10-22-16-8-4-2-6-12(14)16/h1-15,17-18,28-29H,16H2;1-10,21-22H. The van der Waals surface area contributed by atoms with Crippen LogP contribution in [0.4, 0.5) is 0 Å². The van der Waals surface area contributed by atoms with Crippen molar-refractivity contribution in [2.24, 2.45) is 0 Å². The fourth-order valence-electron chi connectivity index (χ4n) is 7.85. The molecular weight excluding hydrogens is 683 g/mol. The average molecular weight is 716 g/mol. The van der Waals surface area contributed by atoms with Crippen LogP contribution >= 0.6 is 0 Å². The number of cyclic esters (lactones) is 2. The van der Waals surface area contributed by atoms with Gasteiger partial charge in [0.1, 0.15) is 0 Å². The molecule has 0 atom stereocenters. The summed E-state index contributed by atoms with van der Waals surface area (Å²) in [6.07, 6.45) is 12.3. The number of aromatic amines is 4. The molecule has 8 nitrogen and oxygen atoms in total. The number of hydrogen-bond acceptors (Lipinski definition) is 3. The second-order valence-corrected chi connectivity index (χ2v) is 13.7. The summed E-state index contributed by atoms with van der Waals surface area (Å²) in [5.74, 6) is -1.23. The van der Waals surface area contributed by atoms with E-state index >= 15 is 0 Å². The highest BCUT2D eigenvalue weighted by Crippen LogP contribution is 2.41. The van der Waals surface area contributed by atoms with E-state index in [1.165, 1.54) is 38.6 Å². The van der Waals surface area contributed by atoms with E-state index in [9.17, 15) is 9.59 Å². The maximum Gasteiger partial charge on any atom is 0.347 e. The lowest BCUT2D eigenvalue weighted by Gasteiger charge is -2.02. The monoisotopic (exact) mass is 715 g/mol. The zero-order valence-corrected chi connectivity index (χ0v) is 29.5. The Balaban J connectivity index is 0.000000138. The quantitative estimate of drug-likeness (QED) is 0.102. The third kappa shape index (κ3) is 5.55. The maximum atomic E-state index is 12.4. The van der Waals surface area contributed by atoms with Crippen LogP contribution in [0.25, 0.3) is 77.0 Å². The summed E-state index contributed by atoms with van der Waals surface area (Å²) in [5.41, 5.74) is 12.3. The highest BCUT2D eigenvalue weighted by molar-refractivity contribution is 6.46. The zero-order chi connectivity index (χ0) is 36.9. The molecule has 0 saturated heterocycles. The van der Waals surface area contributed by atoms with Crippen molar-refractivity contribution in [1.82, 2.24) is 24.5 Å². The van der Waals surface area contributed by atoms with Crippen LogP contribution in [-0.4, -0.2) is 36.4 Å². The SMILES string of the molecule is O=C1OC(=O)C(c2c[nH]c3ccccc23)=C1c1c[nH]c2ccccc12.c1ccc(Cn2cc(-c3c[nH]c4ccccc34)c(-c3c[nH]c4ccccc34)c2)cc1. The number of nitrogens with one attached hydrogen (secondary N) is 4. The van der Waals surface area contributed by atoms with Crippen LogP contribution < -0.4 is 0 Å². The Morgan fingerprint density at radius 1 is 0.400 bits per heavy atom. The fourth-order valence-corrected chi connectivity index (χ4v) is 7.85. The number of esters is 2. The Labute approximate surface area is 314 Å². The first-order valence-electron chi connectivity index (χ1n) is 18.1. The number of hydrogen-bond donors (Lipinski definition) is 4. The summed E-state index contributed by atoms with van der Waals surface area (Å²) in [7, 11) is 0. The molecule has 6 heterocycles. The van der Waals surface area contributed by atoms with Crippen molar-refractivity contribution in [2.75, 3.05) is 0 Å². The van der Waals surface area contributed by atoms with Gasteiger partial charge in [-0.3, -0.25) is 0 Å². The van der Waals surface area contributed by atoms with Crippen molar-refractivity contribution in [3.05, 3.63) is 181 Å². The van der Waals surface area contributed by atoms with Gasteiger partial charge in [-0.2, -0.15) is 0 Å². The van der Waals surface area contributed by atoms with E-state index in [4.69, 9.17) is 4.74 Å². The van der Waals surface area contributed by atoms with Gasteiger partial charge in [-0.15, -0.1) is 0 Å². The van der Waals surface area contributed by atoms with E-state index in [1.54, 1.807) is 12.4 Å². The number of carbonyl (C=O) groups is 2. The van der Waals surface area contributed by atoms with E-state index < -0.39 is 11.9 Å². The molecule has 8 heteroatoms. The molecule has 4 N–H and O–H groups in total. The molecule has 0 fully saturated rings. The minimum Gasteiger partial charge on any atom is -0.386 e. The van der Waals surface area contributed by atoms with E-state index in [2.05, 4.69) is 128 Å². The summed E-state index contributed by atoms with van der Waals surface area (Å²) in [6, 6.07) is 42.9. The summed E-state index contributed by atoms with van der Waals surface area (Å²) in [5, 5.41) is 4.25. The number of carbonyl (C=O) groups excluding carboxylic acids is 2. The molecule has 5 aromatic heterocycles. The van der Waals surface area contributed by atoms with Crippen LogP contribution in [0.15, 0.2) is 165 Å². The first-order chi connectivity index (χ1) is 27.1. The molecule has 0 bridgehead atoms. The molecular formula is C47H33N5O3. The van der Waals surface area contributed by atoms with Gasteiger partial charge in [0.25, 0.3) is 0 Å². The molecule has 0 spiro atoms. The average Bonchev–Trinajstić information content (AvgIpc) is 4.08. The van der Waals surface area contributed by atoms with Crippen LogP contribution in [-0.2, 0) is 20.9 Å². The summed E-state index contributed by atoms with van der Waals surface area (Å²) in [4.78, 5) is 38.0. The molecule has 0 radical (unpaired) electrons. The fraction of sp³-hybridized carbons (Fsp3) is 0.0213. The number of rotatable bonds is 6. The first-order valence-corrected chi connectivity index (χ1v) is 18.1.